The summed E-state index contributed by atoms with van der Waals surface area (Å²) in [6, 6.07) is 0. The fourth-order valence-electron chi connectivity index (χ4n) is 9.65. The zero-order valence-electron chi connectivity index (χ0n) is 59.1. The topological polar surface area (TPSA) is 547 Å². The van der Waals surface area contributed by atoms with Crippen LogP contribution in [0.5, 0.6) is 0 Å². The molecule has 0 bridgehead atoms. The van der Waals surface area contributed by atoms with Gasteiger partial charge in [0.25, 0.3) is 0 Å². The van der Waals surface area contributed by atoms with Crippen LogP contribution in [0.15, 0.2) is 43.2 Å². The highest BCUT2D eigenvalue weighted by molar-refractivity contribution is 5.72. The standard InChI is InChI=1S/C25H35N3O12.C21H27N3O12.C18H21N3O12/c29-20(35-11-7-17-12-36-17)4-1-8-26-23(32)27(9-2-5-21(30)39-15-18-13-37-18)25(34)28(24(26)33)10-3-6-22(31)40-16-19-14-38-19;25-16(34-10-13-7-31-13)1-4-22-19(28)23(5-2-17(26)35-11-14-8-32-14)21(30)24(20(22)29)6-3-18(27)36-12-15-9-33-15;22-13(31-7-10-4-28-10)1-19-16(25)20(2-14(23)32-8-11-5-29-11)18(27)21(17(19)26)3-15(24)33-9-12-6-30-12/h17-19H,1-16H2;13-15H,1-12H2;10-12H,1-9H2. The molecule has 45 nitrogen and oxygen atoms in total. The van der Waals surface area contributed by atoms with Crippen molar-refractivity contribution in [3.63, 3.8) is 0 Å². The van der Waals surface area contributed by atoms with E-state index in [1.54, 1.807) is 0 Å². The normalized spacial score (nSPS) is 21.4. The van der Waals surface area contributed by atoms with E-state index in [1.807, 2.05) is 0 Å². The molecule has 9 saturated heterocycles. The molecule has 9 unspecified atom stereocenters. The zero-order valence-corrected chi connectivity index (χ0v) is 59.1. The average molecular weight is 1550 g/mol. The van der Waals surface area contributed by atoms with Gasteiger partial charge < -0.3 is 85.3 Å². The molecule has 9 aliphatic heterocycles. The van der Waals surface area contributed by atoms with E-state index in [0.717, 1.165) is 13.7 Å². The molecule has 3 aromatic rings. The van der Waals surface area contributed by atoms with Crippen molar-refractivity contribution in [2.75, 3.05) is 119 Å². The maximum Gasteiger partial charge on any atom is 0.337 e. The number of aromatic nitrogens is 9. The van der Waals surface area contributed by atoms with Gasteiger partial charge in [-0.15, -0.1) is 0 Å². The van der Waals surface area contributed by atoms with Crippen molar-refractivity contribution < 1.29 is 128 Å². The molecule has 0 aromatic carbocycles. The number of carbonyl (C=O) groups excluding carboxylic acids is 9. The van der Waals surface area contributed by atoms with Crippen molar-refractivity contribution in [3.05, 3.63) is 94.4 Å². The number of nitrogens with zero attached hydrogens (tertiary/aromatic N) is 9. The summed E-state index contributed by atoms with van der Waals surface area (Å²) in [5.74, 6) is -6.23. The number of esters is 9. The molecule has 0 spiro atoms. The van der Waals surface area contributed by atoms with Crippen molar-refractivity contribution >= 4 is 53.7 Å². The number of hydrogen-bond acceptors (Lipinski definition) is 36. The average Bonchev–Trinajstić information content (AvgIpc) is 1.11. The van der Waals surface area contributed by atoms with Gasteiger partial charge in [-0.2, -0.15) is 0 Å². The van der Waals surface area contributed by atoms with E-state index in [0.29, 0.717) is 93.3 Å². The summed E-state index contributed by atoms with van der Waals surface area (Å²) >= 11 is 0. The first-order chi connectivity index (χ1) is 52.4. The first-order valence-electron chi connectivity index (χ1n) is 35.2. The van der Waals surface area contributed by atoms with E-state index in [9.17, 15) is 86.3 Å². The molecular weight excluding hydrogens is 1470 g/mol. The molecule has 9 atom stereocenters. The molecule has 3 aromatic heterocycles. The van der Waals surface area contributed by atoms with Gasteiger partial charge in [-0.3, -0.25) is 43.2 Å². The van der Waals surface area contributed by atoms with Crippen LogP contribution < -0.4 is 51.2 Å². The molecular formula is C64H83N9O36. The second-order valence-electron chi connectivity index (χ2n) is 25.8. The Morgan fingerprint density at radius 1 is 0.229 bits per heavy atom. The van der Waals surface area contributed by atoms with E-state index >= 15 is 0 Å². The highest BCUT2D eigenvalue weighted by Gasteiger charge is 2.33. The van der Waals surface area contributed by atoms with Gasteiger partial charge in [0.15, 0.2) is 0 Å². The molecule has 45 heteroatoms. The summed E-state index contributed by atoms with van der Waals surface area (Å²) < 4.78 is 95.6. The second-order valence-corrected chi connectivity index (χ2v) is 25.8. The quantitative estimate of drug-likeness (QED) is 0.0288. The van der Waals surface area contributed by atoms with Crippen molar-refractivity contribution in [3.8, 4) is 0 Å². The number of carbonyl (C=O) groups is 9. The largest absolute Gasteiger partial charge is 0.466 e. The number of epoxide rings is 9. The van der Waals surface area contributed by atoms with Crippen LogP contribution in [0, 0.1) is 0 Å². The first kappa shape index (κ1) is 81.6. The van der Waals surface area contributed by atoms with Gasteiger partial charge in [0, 0.05) is 65.0 Å². The molecule has 0 amide bonds. The second kappa shape index (κ2) is 39.5. The van der Waals surface area contributed by atoms with E-state index in [2.05, 4.69) is 0 Å². The first-order valence-corrected chi connectivity index (χ1v) is 35.2. The summed E-state index contributed by atoms with van der Waals surface area (Å²) in [5.41, 5.74) is -9.21. The number of rotatable bonds is 46. The minimum Gasteiger partial charge on any atom is -0.466 e. The lowest BCUT2D eigenvalue weighted by molar-refractivity contribution is -0.146. The SMILES string of the molecule is O=C(CCCn1c(=O)n(CCCC(=O)OCC2CO2)c(=O)n(CCCC(=O)OCC2CO2)c1=O)OCCC1CO1.O=C(CCn1c(=O)n(CCC(=O)OCC2CO2)c(=O)n(CCC(=O)OCC2CO2)c1=O)OCC1CO1.O=C(Cn1c(=O)n(CC(=O)OCC2CO2)c(=O)n(CC(=O)OCC2CO2)c1=O)OCC1CO1. The van der Waals surface area contributed by atoms with Crippen molar-refractivity contribution in [2.24, 2.45) is 0 Å². The zero-order chi connectivity index (χ0) is 77.7. The van der Waals surface area contributed by atoms with E-state index < -0.39 is 125 Å². The summed E-state index contributed by atoms with van der Waals surface area (Å²) in [7, 11) is 0. The molecule has 0 radical (unpaired) electrons. The summed E-state index contributed by atoms with van der Waals surface area (Å²) in [6.45, 7) is 1.06. The molecule has 0 aliphatic carbocycles. The molecule has 9 aliphatic rings. The number of ether oxygens (including phenoxy) is 18. The van der Waals surface area contributed by atoms with Crippen LogP contribution in [0.1, 0.15) is 64.2 Å². The summed E-state index contributed by atoms with van der Waals surface area (Å²) in [5, 5.41) is 0. The maximum absolute atomic E-state index is 13.1. The fraction of sp³-hybridized carbons (Fsp3) is 0.719. The third-order valence-corrected chi connectivity index (χ3v) is 16.7. The predicted octanol–water partition coefficient (Wildman–Crippen LogP) is -8.11. The monoisotopic (exact) mass is 1550 g/mol. The van der Waals surface area contributed by atoms with Gasteiger partial charge in [0.1, 0.15) is 121 Å². The molecule has 0 saturated carbocycles. The van der Waals surface area contributed by atoms with Crippen molar-refractivity contribution in [2.45, 2.75) is 178 Å². The third-order valence-electron chi connectivity index (χ3n) is 16.7. The van der Waals surface area contributed by atoms with Crippen LogP contribution in [0.3, 0.4) is 0 Å². The smallest absolute Gasteiger partial charge is 0.337 e. The Morgan fingerprint density at radius 2 is 0.404 bits per heavy atom. The van der Waals surface area contributed by atoms with Crippen molar-refractivity contribution in [1.29, 1.82) is 0 Å². The van der Waals surface area contributed by atoms with E-state index in [4.69, 9.17) is 85.3 Å². The van der Waals surface area contributed by atoms with Gasteiger partial charge in [0.05, 0.1) is 91.4 Å². The summed E-state index contributed by atoms with van der Waals surface area (Å²) in [6.07, 6.45) is -1.21. The minimum absolute atomic E-state index is 0.0242. The van der Waals surface area contributed by atoms with Gasteiger partial charge in [-0.1, -0.05) is 0 Å². The van der Waals surface area contributed by atoms with E-state index in [1.165, 1.54) is 0 Å². The van der Waals surface area contributed by atoms with Crippen LogP contribution in [0.25, 0.3) is 0 Å². The Bertz CT molecular complexity index is 3940. The molecule has 600 valence electrons. The number of hydrogen-bond donors (Lipinski definition) is 0. The molecule has 0 N–H and O–H groups in total. The lowest BCUT2D eigenvalue weighted by Crippen LogP contribution is -2.56. The van der Waals surface area contributed by atoms with Crippen LogP contribution in [0.2, 0.25) is 0 Å². The van der Waals surface area contributed by atoms with Crippen LogP contribution in [-0.4, -0.2) is 269 Å². The Balaban J connectivity index is 0.000000175. The highest BCUT2D eigenvalue weighted by Crippen LogP contribution is 2.16. The Kier molecular flexibility index (Phi) is 29.5. The molecule has 12 rings (SSSR count). The van der Waals surface area contributed by atoms with Crippen LogP contribution in [-0.2, 0) is 187 Å². The molecule has 12 heterocycles. The Hall–Kier alpha value is -9.90. The van der Waals surface area contributed by atoms with Gasteiger partial charge in [0.2, 0.25) is 0 Å². The van der Waals surface area contributed by atoms with Gasteiger partial charge in [-0.25, -0.2) is 84.3 Å². The highest BCUT2D eigenvalue weighted by atomic mass is 16.7. The van der Waals surface area contributed by atoms with Gasteiger partial charge in [-0.05, 0) is 19.3 Å². The van der Waals surface area contributed by atoms with Crippen molar-refractivity contribution in [1.82, 2.24) is 41.1 Å². The summed E-state index contributed by atoms with van der Waals surface area (Å²) in [4.78, 5) is 224. The predicted molar refractivity (Wildman–Crippen MR) is 350 cm³/mol. The third kappa shape index (κ3) is 27.9. The lowest BCUT2D eigenvalue weighted by atomic mass is 10.3. The van der Waals surface area contributed by atoms with Gasteiger partial charge >= 0.3 is 105 Å². The Morgan fingerprint density at radius 3 is 0.615 bits per heavy atom. The lowest BCUT2D eigenvalue weighted by Gasteiger charge is -2.14. The Labute approximate surface area is 612 Å². The van der Waals surface area contributed by atoms with Crippen LogP contribution >= 0.6 is 0 Å². The van der Waals surface area contributed by atoms with E-state index in [-0.39, 0.29) is 211 Å². The maximum atomic E-state index is 13.1. The minimum atomic E-state index is -1.24. The molecule has 9 fully saturated rings. The van der Waals surface area contributed by atoms with Crippen LogP contribution in [0.4, 0.5) is 0 Å². The fourth-order valence-corrected chi connectivity index (χ4v) is 9.65. The molecule has 109 heavy (non-hydrogen) atoms.